The van der Waals surface area contributed by atoms with Crippen molar-refractivity contribution in [2.75, 3.05) is 0 Å². The van der Waals surface area contributed by atoms with Crippen LogP contribution in [-0.2, 0) is 0 Å². The van der Waals surface area contributed by atoms with Crippen LogP contribution in [0.1, 0.15) is 30.7 Å². The normalized spacial score (nSPS) is 18.7. The Morgan fingerprint density at radius 3 is 2.81 bits per heavy atom. The van der Waals surface area contributed by atoms with Gasteiger partial charge in [0.05, 0.1) is 5.69 Å². The second-order valence-corrected chi connectivity index (χ2v) is 3.84. The second kappa shape index (κ2) is 4.05. The van der Waals surface area contributed by atoms with Crippen LogP contribution in [0.3, 0.4) is 0 Å². The lowest BCUT2D eigenvalue weighted by Crippen LogP contribution is -2.18. The summed E-state index contributed by atoms with van der Waals surface area (Å²) >= 11 is 0. The van der Waals surface area contributed by atoms with Crippen molar-refractivity contribution < 1.29 is 8.78 Å². The van der Waals surface area contributed by atoms with Gasteiger partial charge >= 0.3 is 0 Å². The van der Waals surface area contributed by atoms with E-state index in [1.807, 2.05) is 0 Å². The summed E-state index contributed by atoms with van der Waals surface area (Å²) in [5.41, 5.74) is 2.12. The molecule has 0 fully saturated rings. The predicted molar refractivity (Wildman–Crippen MR) is 58.9 cm³/mol. The summed E-state index contributed by atoms with van der Waals surface area (Å²) < 4.78 is 25.9. The Morgan fingerprint density at radius 2 is 2.19 bits per heavy atom. The molecule has 0 atom stereocenters. The van der Waals surface area contributed by atoms with Crippen LogP contribution < -0.4 is 0 Å². The van der Waals surface area contributed by atoms with Crippen molar-refractivity contribution >= 4 is 5.57 Å². The minimum atomic E-state index is -2.56. The number of pyridine rings is 1. The monoisotopic (exact) mass is 219 g/mol. The van der Waals surface area contributed by atoms with Gasteiger partial charge in [-0.25, -0.2) is 13.8 Å². The van der Waals surface area contributed by atoms with Gasteiger partial charge in [-0.2, -0.15) is 0 Å². The molecule has 1 aromatic rings. The standard InChI is InChI=1S/C13H11F2N/c1-2-11-4-3-5-12(16-11)10-6-8-13(14,15)9-7-10/h1,3-6H,7-9H2. The van der Waals surface area contributed by atoms with Crippen LogP contribution in [0.25, 0.3) is 5.57 Å². The largest absolute Gasteiger partial charge is 0.251 e. The van der Waals surface area contributed by atoms with E-state index in [1.54, 1.807) is 24.3 Å². The Bertz CT molecular complexity index is 469. The van der Waals surface area contributed by atoms with Gasteiger partial charge < -0.3 is 0 Å². The minimum Gasteiger partial charge on any atom is -0.240 e. The van der Waals surface area contributed by atoms with Crippen LogP contribution in [0, 0.1) is 12.3 Å². The molecule has 1 aliphatic carbocycles. The average molecular weight is 219 g/mol. The molecule has 0 aromatic carbocycles. The fourth-order valence-electron chi connectivity index (χ4n) is 1.72. The van der Waals surface area contributed by atoms with E-state index < -0.39 is 5.92 Å². The highest BCUT2D eigenvalue weighted by Crippen LogP contribution is 2.35. The molecule has 3 heteroatoms. The first-order valence-corrected chi connectivity index (χ1v) is 5.12. The van der Waals surface area contributed by atoms with E-state index in [9.17, 15) is 8.78 Å². The van der Waals surface area contributed by atoms with E-state index in [0.29, 0.717) is 17.8 Å². The van der Waals surface area contributed by atoms with E-state index >= 15 is 0 Å². The third kappa shape index (κ3) is 2.27. The van der Waals surface area contributed by atoms with Crippen LogP contribution in [0.2, 0.25) is 0 Å². The lowest BCUT2D eigenvalue weighted by molar-refractivity contribution is -0.00605. The van der Waals surface area contributed by atoms with E-state index in [4.69, 9.17) is 6.42 Å². The van der Waals surface area contributed by atoms with E-state index in [2.05, 4.69) is 10.9 Å². The summed E-state index contributed by atoms with van der Waals surface area (Å²) in [4.78, 5) is 4.21. The summed E-state index contributed by atoms with van der Waals surface area (Å²) in [6.45, 7) is 0. The second-order valence-electron chi connectivity index (χ2n) is 3.84. The zero-order valence-corrected chi connectivity index (χ0v) is 8.71. The van der Waals surface area contributed by atoms with Crippen LogP contribution >= 0.6 is 0 Å². The van der Waals surface area contributed by atoms with E-state index in [1.165, 1.54) is 0 Å². The van der Waals surface area contributed by atoms with Gasteiger partial charge in [-0.3, -0.25) is 0 Å². The third-order valence-corrected chi connectivity index (χ3v) is 2.63. The summed E-state index contributed by atoms with van der Waals surface area (Å²) in [5, 5.41) is 0. The Kier molecular flexibility index (Phi) is 2.74. The quantitative estimate of drug-likeness (QED) is 0.660. The van der Waals surface area contributed by atoms with Gasteiger partial charge in [0.15, 0.2) is 0 Å². The fourth-order valence-corrected chi connectivity index (χ4v) is 1.72. The van der Waals surface area contributed by atoms with Gasteiger partial charge in [-0.1, -0.05) is 18.1 Å². The smallest absolute Gasteiger partial charge is 0.240 e. The Hall–Kier alpha value is -1.69. The van der Waals surface area contributed by atoms with Gasteiger partial charge in [0.2, 0.25) is 0 Å². The Labute approximate surface area is 93.2 Å². The lowest BCUT2D eigenvalue weighted by atomic mass is 9.94. The van der Waals surface area contributed by atoms with Crippen molar-refractivity contribution in [3.8, 4) is 12.3 Å². The molecule has 0 saturated carbocycles. The van der Waals surface area contributed by atoms with Crippen molar-refractivity contribution in [3.63, 3.8) is 0 Å². The molecule has 0 aliphatic heterocycles. The molecule has 1 aliphatic rings. The van der Waals surface area contributed by atoms with E-state index in [0.717, 1.165) is 5.57 Å². The van der Waals surface area contributed by atoms with Crippen LogP contribution in [-0.4, -0.2) is 10.9 Å². The number of rotatable bonds is 1. The third-order valence-electron chi connectivity index (χ3n) is 2.63. The number of aromatic nitrogens is 1. The molecule has 0 spiro atoms. The molecule has 0 saturated heterocycles. The molecule has 2 rings (SSSR count). The molecule has 82 valence electrons. The maximum absolute atomic E-state index is 12.9. The summed E-state index contributed by atoms with van der Waals surface area (Å²) in [6, 6.07) is 5.32. The van der Waals surface area contributed by atoms with Crippen molar-refractivity contribution in [1.82, 2.24) is 4.98 Å². The van der Waals surface area contributed by atoms with Gasteiger partial charge in [0, 0.05) is 12.8 Å². The first-order valence-electron chi connectivity index (χ1n) is 5.12. The highest BCUT2D eigenvalue weighted by Gasteiger charge is 2.31. The maximum atomic E-state index is 12.9. The molecular formula is C13H11F2N. The summed E-state index contributed by atoms with van der Waals surface area (Å²) in [5.74, 6) is -0.126. The molecule has 0 radical (unpaired) electrons. The molecule has 1 heterocycles. The summed E-state index contributed by atoms with van der Waals surface area (Å²) in [6.07, 6.45) is 6.84. The highest BCUT2D eigenvalue weighted by molar-refractivity contribution is 5.64. The number of hydrogen-bond donors (Lipinski definition) is 0. The maximum Gasteiger partial charge on any atom is 0.251 e. The number of hydrogen-bond acceptors (Lipinski definition) is 1. The number of alkyl halides is 2. The van der Waals surface area contributed by atoms with Crippen LogP contribution in [0.15, 0.2) is 24.3 Å². The first-order chi connectivity index (χ1) is 7.61. The van der Waals surface area contributed by atoms with Crippen molar-refractivity contribution in [2.45, 2.75) is 25.2 Å². The Morgan fingerprint density at radius 1 is 1.38 bits per heavy atom. The number of terminal acetylenes is 1. The average Bonchev–Trinajstić information content (AvgIpc) is 2.29. The van der Waals surface area contributed by atoms with Gasteiger partial charge in [0.25, 0.3) is 5.92 Å². The molecule has 1 aromatic heterocycles. The van der Waals surface area contributed by atoms with E-state index in [-0.39, 0.29) is 12.8 Å². The number of allylic oxidation sites excluding steroid dienone is 2. The van der Waals surface area contributed by atoms with Crippen molar-refractivity contribution in [2.24, 2.45) is 0 Å². The zero-order valence-electron chi connectivity index (χ0n) is 8.71. The molecule has 0 unspecified atom stereocenters. The topological polar surface area (TPSA) is 12.9 Å². The van der Waals surface area contributed by atoms with Crippen molar-refractivity contribution in [1.29, 1.82) is 0 Å². The van der Waals surface area contributed by atoms with Crippen molar-refractivity contribution in [3.05, 3.63) is 35.7 Å². The van der Waals surface area contributed by atoms with Crippen LogP contribution in [0.4, 0.5) is 8.78 Å². The SMILES string of the molecule is C#Cc1cccc(C2=CCC(F)(F)CC2)n1. The van der Waals surface area contributed by atoms with Gasteiger partial charge in [-0.05, 0) is 24.1 Å². The zero-order chi connectivity index (χ0) is 11.6. The molecule has 0 N–H and O–H groups in total. The number of nitrogens with zero attached hydrogens (tertiary/aromatic N) is 1. The van der Waals surface area contributed by atoms with Crippen LogP contribution in [0.5, 0.6) is 0 Å². The molecule has 0 amide bonds. The minimum absolute atomic E-state index is 0.110. The predicted octanol–water partition coefficient (Wildman–Crippen LogP) is 3.27. The molecule has 16 heavy (non-hydrogen) atoms. The van der Waals surface area contributed by atoms with Gasteiger partial charge in [-0.15, -0.1) is 6.42 Å². The first kappa shape index (κ1) is 10.8. The van der Waals surface area contributed by atoms with Gasteiger partial charge in [0.1, 0.15) is 5.69 Å². The molecule has 0 bridgehead atoms. The molecule has 1 nitrogen and oxygen atoms in total. The lowest BCUT2D eigenvalue weighted by Gasteiger charge is -2.21. The number of halogens is 2. The summed E-state index contributed by atoms with van der Waals surface area (Å²) in [7, 11) is 0. The Balaban J connectivity index is 2.26. The highest BCUT2D eigenvalue weighted by atomic mass is 19.3. The molecular weight excluding hydrogens is 208 g/mol. The fraction of sp³-hybridized carbons (Fsp3) is 0.308.